The normalized spacial score (nSPS) is 21.3. The molecule has 0 aliphatic carbocycles. The average molecular weight is 426 g/mol. The molecule has 4 rings (SSSR count). The van der Waals surface area contributed by atoms with Crippen LogP contribution in [0.25, 0.3) is 5.69 Å². The summed E-state index contributed by atoms with van der Waals surface area (Å²) >= 11 is 1.63. The van der Waals surface area contributed by atoms with Gasteiger partial charge in [-0.05, 0) is 24.5 Å². The van der Waals surface area contributed by atoms with E-state index in [1.165, 1.54) is 4.90 Å². The van der Waals surface area contributed by atoms with E-state index in [0.717, 1.165) is 29.9 Å². The predicted octanol–water partition coefficient (Wildman–Crippen LogP) is 0.552. The summed E-state index contributed by atoms with van der Waals surface area (Å²) in [6.45, 7) is 1.93. The third kappa shape index (κ3) is 3.58. The molecule has 0 radical (unpaired) electrons. The van der Waals surface area contributed by atoms with E-state index in [-0.39, 0.29) is 18.0 Å². The summed E-state index contributed by atoms with van der Waals surface area (Å²) in [5.74, 6) is 4.73. The number of aromatic nitrogens is 2. The van der Waals surface area contributed by atoms with Crippen LogP contribution in [0.5, 0.6) is 0 Å². The number of nitrogens with zero attached hydrogens (tertiary/aromatic N) is 4. The molecule has 2 aliphatic rings. The van der Waals surface area contributed by atoms with Gasteiger partial charge in [0.15, 0.2) is 5.69 Å². The molecule has 3 heterocycles. The lowest BCUT2D eigenvalue weighted by Crippen LogP contribution is -2.37. The maximum absolute atomic E-state index is 12.1. The minimum Gasteiger partial charge on any atom is -0.369 e. The molecule has 1 saturated heterocycles. The second kappa shape index (κ2) is 7.80. The van der Waals surface area contributed by atoms with Crippen molar-refractivity contribution in [2.75, 3.05) is 26.4 Å². The van der Waals surface area contributed by atoms with Crippen molar-refractivity contribution < 1.29 is 14.7 Å². The summed E-state index contributed by atoms with van der Waals surface area (Å²) in [4.78, 5) is 25.6. The monoisotopic (exact) mass is 425 g/mol. The lowest BCUT2D eigenvalue weighted by Gasteiger charge is -2.25. The van der Waals surface area contributed by atoms with E-state index in [1.54, 1.807) is 23.7 Å². The quantitative estimate of drug-likeness (QED) is 0.550. The number of carbonyl (C=O) groups is 2. The molecule has 2 amide bonds. The number of nitrogens with two attached hydrogens (primary N) is 1. The number of carbonyl (C=O) groups excluding carboxylic acids is 2. The number of likely N-dealkylation sites (tertiary alicyclic amines) is 1. The van der Waals surface area contributed by atoms with Gasteiger partial charge in [-0.25, -0.2) is 8.99 Å². The number of likely N-dealkylation sites (N-methyl/N-ethyl adjacent to an activating group) is 1. The lowest BCUT2D eigenvalue weighted by molar-refractivity contribution is -0.137. The van der Waals surface area contributed by atoms with Crippen molar-refractivity contribution in [3.63, 3.8) is 0 Å². The predicted molar refractivity (Wildman–Crippen MR) is 114 cm³/mol. The van der Waals surface area contributed by atoms with Gasteiger partial charge in [-0.3, -0.25) is 9.59 Å². The molecule has 156 valence electrons. The topological polar surface area (TPSA) is 105 Å². The molecule has 9 heteroatoms. The molecule has 0 spiro atoms. The van der Waals surface area contributed by atoms with Gasteiger partial charge in [0.2, 0.25) is 5.60 Å². The lowest BCUT2D eigenvalue weighted by atomic mass is 10.0. The Hall–Kier alpha value is -2.80. The number of hydrogen-bond acceptors (Lipinski definition) is 6. The van der Waals surface area contributed by atoms with Crippen molar-refractivity contribution in [2.24, 2.45) is 5.73 Å². The van der Waals surface area contributed by atoms with Gasteiger partial charge in [-0.1, -0.05) is 29.9 Å². The van der Waals surface area contributed by atoms with Crippen LogP contribution in [-0.4, -0.2) is 67.9 Å². The summed E-state index contributed by atoms with van der Waals surface area (Å²) in [7, 11) is 1.65. The van der Waals surface area contributed by atoms with Gasteiger partial charge in [-0.2, -0.15) is 5.10 Å². The highest BCUT2D eigenvalue weighted by molar-refractivity contribution is 7.96. The van der Waals surface area contributed by atoms with Gasteiger partial charge in [0.05, 0.1) is 11.4 Å². The SMILES string of the molecule is CSN1CCc2c(c(C(N)=O)nn2-c2cccc(C#CC3(O)CCN(C)C3=O)c2)C1. The Morgan fingerprint density at radius 1 is 1.37 bits per heavy atom. The molecule has 0 saturated carbocycles. The number of benzene rings is 1. The summed E-state index contributed by atoms with van der Waals surface area (Å²) in [6.07, 6.45) is 3.03. The molecule has 1 atom stereocenters. The Kier molecular flexibility index (Phi) is 5.32. The number of aliphatic hydroxyl groups is 1. The maximum Gasteiger partial charge on any atom is 0.269 e. The van der Waals surface area contributed by atoms with E-state index >= 15 is 0 Å². The zero-order chi connectivity index (χ0) is 21.5. The molecule has 2 aliphatic heterocycles. The van der Waals surface area contributed by atoms with Gasteiger partial charge in [-0.15, -0.1) is 0 Å². The fraction of sp³-hybridized carbons (Fsp3) is 0.381. The highest BCUT2D eigenvalue weighted by Gasteiger charge is 2.42. The standard InChI is InChI=1S/C21H23N5O3S/c1-24-11-9-21(29,20(24)28)8-6-14-4-3-5-15(12-14)26-17-7-10-25(30-2)13-16(17)18(23-26)19(22)27/h3-5,12,29H,7,9-11,13H2,1-2H3,(H2,22,27). The van der Waals surface area contributed by atoms with Gasteiger partial charge in [0, 0.05) is 50.7 Å². The minimum atomic E-state index is -1.64. The van der Waals surface area contributed by atoms with Gasteiger partial charge in [0.25, 0.3) is 11.8 Å². The first-order valence-electron chi connectivity index (χ1n) is 9.63. The average Bonchev–Trinajstić information content (AvgIpc) is 3.26. The van der Waals surface area contributed by atoms with Gasteiger partial charge in [0.1, 0.15) is 0 Å². The molecular formula is C21H23N5O3S. The van der Waals surface area contributed by atoms with Crippen LogP contribution >= 0.6 is 11.9 Å². The molecule has 1 unspecified atom stereocenters. The summed E-state index contributed by atoms with van der Waals surface area (Å²) in [5.41, 5.74) is 7.44. The van der Waals surface area contributed by atoms with E-state index in [0.29, 0.717) is 18.7 Å². The molecule has 8 nitrogen and oxygen atoms in total. The second-order valence-electron chi connectivity index (χ2n) is 7.48. The van der Waals surface area contributed by atoms with Crippen LogP contribution in [-0.2, 0) is 17.8 Å². The van der Waals surface area contributed by atoms with Crippen LogP contribution in [0.1, 0.15) is 33.7 Å². The first-order valence-corrected chi connectivity index (χ1v) is 10.8. The largest absolute Gasteiger partial charge is 0.369 e. The zero-order valence-corrected chi connectivity index (χ0v) is 17.7. The summed E-state index contributed by atoms with van der Waals surface area (Å²) in [6, 6.07) is 7.36. The van der Waals surface area contributed by atoms with Crippen molar-refractivity contribution in [1.82, 2.24) is 19.0 Å². The van der Waals surface area contributed by atoms with Crippen molar-refractivity contribution in [2.45, 2.75) is 25.0 Å². The fourth-order valence-electron chi connectivity index (χ4n) is 3.82. The van der Waals surface area contributed by atoms with E-state index in [9.17, 15) is 14.7 Å². The first-order chi connectivity index (χ1) is 14.3. The molecule has 1 aromatic heterocycles. The van der Waals surface area contributed by atoms with Crippen LogP contribution in [0.3, 0.4) is 0 Å². The molecule has 3 N–H and O–H groups in total. The number of amides is 2. The van der Waals surface area contributed by atoms with Crippen molar-refractivity contribution in [3.8, 4) is 17.5 Å². The van der Waals surface area contributed by atoms with Crippen molar-refractivity contribution >= 4 is 23.8 Å². The Morgan fingerprint density at radius 3 is 2.83 bits per heavy atom. The summed E-state index contributed by atoms with van der Waals surface area (Å²) < 4.78 is 3.92. The highest BCUT2D eigenvalue weighted by atomic mass is 32.2. The third-order valence-electron chi connectivity index (χ3n) is 5.53. The highest BCUT2D eigenvalue weighted by Crippen LogP contribution is 2.28. The van der Waals surface area contributed by atoms with E-state index in [4.69, 9.17) is 5.73 Å². The van der Waals surface area contributed by atoms with E-state index in [2.05, 4.69) is 21.2 Å². The minimum absolute atomic E-state index is 0.286. The second-order valence-corrected chi connectivity index (χ2v) is 8.36. The van der Waals surface area contributed by atoms with Gasteiger partial charge < -0.3 is 15.7 Å². The Balaban J connectivity index is 1.70. The smallest absolute Gasteiger partial charge is 0.269 e. The van der Waals surface area contributed by atoms with E-state index < -0.39 is 11.5 Å². The molecule has 0 bridgehead atoms. The molecule has 2 aromatic rings. The fourth-order valence-corrected chi connectivity index (χ4v) is 4.35. The van der Waals surface area contributed by atoms with Crippen LogP contribution in [0.4, 0.5) is 0 Å². The number of fused-ring (bicyclic) bond motifs is 1. The van der Waals surface area contributed by atoms with Gasteiger partial charge >= 0.3 is 0 Å². The molecular weight excluding hydrogens is 402 g/mol. The van der Waals surface area contributed by atoms with Crippen LogP contribution < -0.4 is 5.73 Å². The van der Waals surface area contributed by atoms with Crippen LogP contribution in [0.15, 0.2) is 24.3 Å². The third-order valence-corrected chi connectivity index (χ3v) is 6.36. The Labute approximate surface area is 179 Å². The van der Waals surface area contributed by atoms with E-state index in [1.807, 2.05) is 30.5 Å². The number of primary amides is 1. The van der Waals surface area contributed by atoms with Crippen LogP contribution in [0, 0.1) is 11.8 Å². The number of rotatable bonds is 3. The first kappa shape index (κ1) is 20.5. The van der Waals surface area contributed by atoms with Crippen LogP contribution in [0.2, 0.25) is 0 Å². The maximum atomic E-state index is 12.1. The Morgan fingerprint density at radius 2 is 2.17 bits per heavy atom. The molecule has 1 aromatic carbocycles. The molecule has 30 heavy (non-hydrogen) atoms. The number of hydrogen-bond donors (Lipinski definition) is 2. The molecule has 1 fully saturated rings. The zero-order valence-electron chi connectivity index (χ0n) is 16.9. The Bertz CT molecular complexity index is 1090. The van der Waals surface area contributed by atoms with Crippen molar-refractivity contribution in [3.05, 3.63) is 46.8 Å². The van der Waals surface area contributed by atoms with Crippen molar-refractivity contribution in [1.29, 1.82) is 0 Å². The summed E-state index contributed by atoms with van der Waals surface area (Å²) in [5, 5.41) is 15.0.